The molecule has 0 N–H and O–H groups in total. The third-order valence-corrected chi connectivity index (χ3v) is 8.20. The number of hydrogen-bond acceptors (Lipinski definition) is 4. The van der Waals surface area contributed by atoms with Crippen molar-refractivity contribution < 1.29 is 4.42 Å². The van der Waals surface area contributed by atoms with E-state index in [-0.39, 0.29) is 5.69 Å². The van der Waals surface area contributed by atoms with E-state index in [0.29, 0.717) is 5.82 Å². The molecule has 8 rings (SSSR count). The first kappa shape index (κ1) is 25.0. The van der Waals surface area contributed by atoms with Crippen LogP contribution in [0.3, 0.4) is 0 Å². The van der Waals surface area contributed by atoms with Crippen molar-refractivity contribution in [1.29, 1.82) is 0 Å². The number of nitrogens with zero attached hydrogens (tertiary/aromatic N) is 4. The molecule has 8 aromatic rings. The zero-order chi connectivity index (χ0) is 29.1. The van der Waals surface area contributed by atoms with Crippen LogP contribution in [-0.4, -0.2) is 19.1 Å². The van der Waals surface area contributed by atoms with Crippen LogP contribution in [0.15, 0.2) is 131 Å². The molecule has 5 aromatic carbocycles. The predicted molar refractivity (Wildman–Crippen MR) is 173 cm³/mol. The van der Waals surface area contributed by atoms with Gasteiger partial charge in [-0.15, -0.1) is 0 Å². The van der Waals surface area contributed by atoms with Gasteiger partial charge in [0.2, 0.25) is 0 Å². The minimum absolute atomic E-state index is 0.0386. The second-order valence-corrected chi connectivity index (χ2v) is 10.8. The van der Waals surface area contributed by atoms with Gasteiger partial charge in [0.05, 0.1) is 22.4 Å². The second kappa shape index (κ2) is 9.67. The molecule has 0 aliphatic heterocycles. The third-order valence-electron chi connectivity index (χ3n) is 8.20. The number of furan rings is 1. The number of aryl methyl sites for hydroxylation is 2. The zero-order valence-corrected chi connectivity index (χ0v) is 23.7. The highest BCUT2D eigenvalue weighted by atomic mass is 16.3. The third kappa shape index (κ3) is 4.07. The van der Waals surface area contributed by atoms with Crippen LogP contribution in [0.4, 0.5) is 0 Å². The van der Waals surface area contributed by atoms with Crippen molar-refractivity contribution in [1.82, 2.24) is 19.1 Å². The molecule has 0 spiro atoms. The first-order valence-electron chi connectivity index (χ1n) is 14.2. The molecule has 0 saturated heterocycles. The van der Waals surface area contributed by atoms with Crippen LogP contribution in [0, 0.1) is 0 Å². The monoisotopic (exact) mass is 558 g/mol. The minimum atomic E-state index is -0.0386. The van der Waals surface area contributed by atoms with Gasteiger partial charge in [0.15, 0.2) is 5.82 Å². The highest BCUT2D eigenvalue weighted by Gasteiger charge is 2.17. The Balaban J connectivity index is 1.32. The Bertz CT molecular complexity index is 2400. The van der Waals surface area contributed by atoms with Gasteiger partial charge in [-0.25, -0.2) is 14.8 Å². The minimum Gasteiger partial charge on any atom is -0.456 e. The Morgan fingerprint density at radius 2 is 1.23 bits per heavy atom. The van der Waals surface area contributed by atoms with Crippen LogP contribution < -0.4 is 5.69 Å². The Morgan fingerprint density at radius 3 is 2.12 bits per heavy atom. The molecule has 6 heteroatoms. The number of benzene rings is 5. The van der Waals surface area contributed by atoms with Gasteiger partial charge in [0, 0.05) is 41.6 Å². The molecule has 0 unspecified atom stereocenters. The molecule has 0 aliphatic carbocycles. The van der Waals surface area contributed by atoms with E-state index in [0.717, 1.165) is 72.2 Å². The summed E-state index contributed by atoms with van der Waals surface area (Å²) in [7, 11) is 3.61. The van der Waals surface area contributed by atoms with Gasteiger partial charge < -0.3 is 4.42 Å². The van der Waals surface area contributed by atoms with Crippen LogP contribution in [0.5, 0.6) is 0 Å². The van der Waals surface area contributed by atoms with Crippen LogP contribution in [0.25, 0.3) is 78.0 Å². The Hall–Kier alpha value is -5.75. The Kier molecular flexibility index (Phi) is 5.62. The number of aromatic nitrogens is 4. The SMILES string of the molecule is Cn1c(=O)n(C)c2cc(-c3cccc(-c4cc(-c5cccc6oc7ccccc7c56)nc(-c5ccccc5)n4)c3)ccc21. The second-order valence-electron chi connectivity index (χ2n) is 10.8. The van der Waals surface area contributed by atoms with Crippen molar-refractivity contribution in [3.63, 3.8) is 0 Å². The number of para-hydroxylation sites is 1. The molecule has 206 valence electrons. The van der Waals surface area contributed by atoms with Gasteiger partial charge >= 0.3 is 5.69 Å². The maximum Gasteiger partial charge on any atom is 0.328 e. The summed E-state index contributed by atoms with van der Waals surface area (Å²) < 4.78 is 9.55. The highest BCUT2D eigenvalue weighted by molar-refractivity contribution is 6.12. The average Bonchev–Trinajstić information content (AvgIpc) is 3.55. The molecular formula is C37H26N4O2. The van der Waals surface area contributed by atoms with E-state index in [1.807, 2.05) is 79.8 Å². The van der Waals surface area contributed by atoms with Crippen LogP contribution >= 0.6 is 0 Å². The van der Waals surface area contributed by atoms with Crippen molar-refractivity contribution in [3.05, 3.63) is 132 Å². The first-order chi connectivity index (χ1) is 21.0. The van der Waals surface area contributed by atoms with E-state index >= 15 is 0 Å². The Morgan fingerprint density at radius 1 is 0.558 bits per heavy atom. The molecule has 0 fully saturated rings. The van der Waals surface area contributed by atoms with Gasteiger partial charge in [-0.3, -0.25) is 9.13 Å². The van der Waals surface area contributed by atoms with Crippen LogP contribution in [0.2, 0.25) is 0 Å². The molecule has 0 aliphatic rings. The molecule has 0 radical (unpaired) electrons. The zero-order valence-electron chi connectivity index (χ0n) is 23.7. The lowest BCUT2D eigenvalue weighted by Gasteiger charge is -2.11. The van der Waals surface area contributed by atoms with Gasteiger partial charge in [0.1, 0.15) is 11.2 Å². The van der Waals surface area contributed by atoms with Crippen molar-refractivity contribution in [3.8, 4) is 45.0 Å². The largest absolute Gasteiger partial charge is 0.456 e. The summed E-state index contributed by atoms with van der Waals surface area (Å²) in [5.74, 6) is 0.656. The van der Waals surface area contributed by atoms with Crippen molar-refractivity contribution in [2.45, 2.75) is 0 Å². The highest BCUT2D eigenvalue weighted by Crippen LogP contribution is 2.38. The maximum absolute atomic E-state index is 12.5. The number of hydrogen-bond donors (Lipinski definition) is 0. The summed E-state index contributed by atoms with van der Waals surface area (Å²) in [5, 5.41) is 2.10. The maximum atomic E-state index is 12.5. The molecule has 0 bridgehead atoms. The van der Waals surface area contributed by atoms with Gasteiger partial charge in [0.25, 0.3) is 0 Å². The van der Waals surface area contributed by atoms with E-state index in [9.17, 15) is 4.79 Å². The summed E-state index contributed by atoms with van der Waals surface area (Å²) >= 11 is 0. The molecule has 3 aromatic heterocycles. The lowest BCUT2D eigenvalue weighted by molar-refractivity contribution is 0.669. The van der Waals surface area contributed by atoms with E-state index in [1.165, 1.54) is 0 Å². The molecule has 43 heavy (non-hydrogen) atoms. The van der Waals surface area contributed by atoms with Crippen molar-refractivity contribution >= 4 is 33.0 Å². The molecule has 0 amide bonds. The van der Waals surface area contributed by atoms with E-state index in [2.05, 4.69) is 48.5 Å². The topological polar surface area (TPSA) is 65.8 Å². The van der Waals surface area contributed by atoms with E-state index < -0.39 is 0 Å². The van der Waals surface area contributed by atoms with Gasteiger partial charge in [-0.2, -0.15) is 0 Å². The molecular weight excluding hydrogens is 532 g/mol. The molecule has 0 atom stereocenters. The van der Waals surface area contributed by atoms with E-state index in [1.54, 1.807) is 16.2 Å². The van der Waals surface area contributed by atoms with Crippen LogP contribution in [-0.2, 0) is 14.1 Å². The summed E-state index contributed by atoms with van der Waals surface area (Å²) in [6.45, 7) is 0. The summed E-state index contributed by atoms with van der Waals surface area (Å²) in [6, 6.07) is 40.9. The van der Waals surface area contributed by atoms with E-state index in [4.69, 9.17) is 14.4 Å². The average molecular weight is 559 g/mol. The quantitative estimate of drug-likeness (QED) is 0.218. The fourth-order valence-electron chi connectivity index (χ4n) is 5.98. The first-order valence-corrected chi connectivity index (χ1v) is 14.2. The lowest BCUT2D eigenvalue weighted by atomic mass is 9.99. The molecule has 3 heterocycles. The van der Waals surface area contributed by atoms with Crippen LogP contribution in [0.1, 0.15) is 0 Å². The summed E-state index contributed by atoms with van der Waals surface area (Å²) in [4.78, 5) is 22.7. The summed E-state index contributed by atoms with van der Waals surface area (Å²) in [5.41, 5.74) is 10.1. The number of imidazole rings is 1. The fourth-order valence-corrected chi connectivity index (χ4v) is 5.98. The lowest BCUT2D eigenvalue weighted by Crippen LogP contribution is -2.19. The molecule has 0 saturated carbocycles. The Labute approximate surface area is 247 Å². The standard InChI is InChI=1S/C37H26N4O2/c1-40-31-19-18-25(21-32(31)41(2)37(40)42)24-12-8-13-26(20-24)29-22-30(39-36(38-29)23-10-4-3-5-11-23)27-15-9-17-34-35(27)28-14-6-7-16-33(28)43-34/h3-22H,1-2H3. The summed E-state index contributed by atoms with van der Waals surface area (Å²) in [6.07, 6.45) is 0. The molecule has 6 nitrogen and oxygen atoms in total. The smallest absolute Gasteiger partial charge is 0.328 e. The van der Waals surface area contributed by atoms with Gasteiger partial charge in [-0.1, -0.05) is 84.9 Å². The fraction of sp³-hybridized carbons (Fsp3) is 0.0541. The van der Waals surface area contributed by atoms with Gasteiger partial charge in [-0.05, 0) is 47.5 Å². The van der Waals surface area contributed by atoms with Crippen molar-refractivity contribution in [2.75, 3.05) is 0 Å². The normalized spacial score (nSPS) is 11.6. The number of rotatable bonds is 4. The number of fused-ring (bicyclic) bond motifs is 4. The van der Waals surface area contributed by atoms with Crippen molar-refractivity contribution in [2.24, 2.45) is 14.1 Å². The predicted octanol–water partition coefficient (Wildman–Crippen LogP) is 8.23.